The lowest BCUT2D eigenvalue weighted by atomic mass is 10.3. The molecule has 2 N–H and O–H groups in total. The summed E-state index contributed by atoms with van der Waals surface area (Å²) in [6.45, 7) is 1.01. The minimum Gasteiger partial charge on any atom is -0.383 e. The number of pyridine rings is 1. The first-order chi connectivity index (χ1) is 9.43. The highest BCUT2D eigenvalue weighted by Crippen LogP contribution is 2.27. The van der Waals surface area contributed by atoms with Crippen molar-refractivity contribution in [3.8, 4) is 0 Å². The number of alkyl halides is 3. The fourth-order valence-electron chi connectivity index (χ4n) is 1.38. The Morgan fingerprint density at radius 2 is 2.10 bits per heavy atom. The largest absolute Gasteiger partial charge is 0.433 e. The molecule has 0 aliphatic rings. The van der Waals surface area contributed by atoms with Crippen molar-refractivity contribution in [2.75, 3.05) is 32.1 Å². The smallest absolute Gasteiger partial charge is 0.383 e. The van der Waals surface area contributed by atoms with Gasteiger partial charge >= 0.3 is 6.18 Å². The van der Waals surface area contributed by atoms with Crippen LogP contribution in [0.15, 0.2) is 18.2 Å². The predicted octanol–water partition coefficient (Wildman–Crippen LogP) is 1.66. The normalized spacial score (nSPS) is 11.2. The summed E-state index contributed by atoms with van der Waals surface area (Å²) in [5.41, 5.74) is -0.966. The van der Waals surface area contributed by atoms with Crippen molar-refractivity contribution in [1.82, 2.24) is 10.3 Å². The molecule has 0 fully saturated rings. The van der Waals surface area contributed by atoms with E-state index in [0.717, 1.165) is 6.07 Å². The summed E-state index contributed by atoms with van der Waals surface area (Å²) in [5.74, 6) is -0.119. The van der Waals surface area contributed by atoms with Gasteiger partial charge in [0, 0.05) is 26.6 Å². The Labute approximate surface area is 114 Å². The second-order valence-electron chi connectivity index (χ2n) is 3.93. The molecule has 5 nitrogen and oxygen atoms in total. The van der Waals surface area contributed by atoms with E-state index in [4.69, 9.17) is 4.74 Å². The molecule has 1 rings (SSSR count). The van der Waals surface area contributed by atoms with Crippen LogP contribution >= 0.6 is 0 Å². The molecule has 0 radical (unpaired) electrons. The summed E-state index contributed by atoms with van der Waals surface area (Å²) in [7, 11) is 1.52. The van der Waals surface area contributed by atoms with Gasteiger partial charge in [0.2, 0.25) is 5.91 Å². The second-order valence-corrected chi connectivity index (χ2v) is 3.93. The first-order valence-corrected chi connectivity index (χ1v) is 5.97. The lowest BCUT2D eigenvalue weighted by Gasteiger charge is -2.09. The lowest BCUT2D eigenvalue weighted by molar-refractivity contribution is -0.141. The van der Waals surface area contributed by atoms with Gasteiger partial charge in [-0.05, 0) is 12.1 Å². The van der Waals surface area contributed by atoms with E-state index in [2.05, 4.69) is 15.6 Å². The summed E-state index contributed by atoms with van der Waals surface area (Å²) < 4.78 is 42.0. The zero-order valence-electron chi connectivity index (χ0n) is 11.0. The van der Waals surface area contributed by atoms with Gasteiger partial charge < -0.3 is 15.4 Å². The number of amides is 1. The van der Waals surface area contributed by atoms with Gasteiger partial charge in [-0.1, -0.05) is 6.07 Å². The highest BCUT2D eigenvalue weighted by molar-refractivity contribution is 5.76. The van der Waals surface area contributed by atoms with Crippen LogP contribution in [0.25, 0.3) is 0 Å². The van der Waals surface area contributed by atoms with E-state index < -0.39 is 11.9 Å². The number of methoxy groups -OCH3 is 1. The number of aromatic nitrogens is 1. The number of carbonyl (C=O) groups is 1. The second kappa shape index (κ2) is 7.68. The van der Waals surface area contributed by atoms with Crippen LogP contribution in [0.1, 0.15) is 12.1 Å². The summed E-state index contributed by atoms with van der Waals surface area (Å²) in [6, 6.07) is 3.57. The van der Waals surface area contributed by atoms with Crippen LogP contribution in [0.4, 0.5) is 19.0 Å². The predicted molar refractivity (Wildman–Crippen MR) is 67.2 cm³/mol. The Kier molecular flexibility index (Phi) is 6.23. The van der Waals surface area contributed by atoms with Crippen LogP contribution in [-0.4, -0.2) is 37.7 Å². The number of halogens is 3. The van der Waals surface area contributed by atoms with Gasteiger partial charge in [0.1, 0.15) is 11.5 Å². The summed E-state index contributed by atoms with van der Waals surface area (Å²) in [4.78, 5) is 14.8. The minimum atomic E-state index is -4.48. The molecular weight excluding hydrogens is 275 g/mol. The number of hydrogen-bond donors (Lipinski definition) is 2. The molecule has 0 saturated carbocycles. The number of ether oxygens (including phenoxy) is 1. The molecule has 112 valence electrons. The minimum absolute atomic E-state index is 0.0875. The van der Waals surface area contributed by atoms with Crippen molar-refractivity contribution >= 4 is 11.7 Å². The van der Waals surface area contributed by atoms with E-state index in [-0.39, 0.29) is 24.7 Å². The van der Waals surface area contributed by atoms with E-state index in [0.29, 0.717) is 13.2 Å². The van der Waals surface area contributed by atoms with E-state index in [1.165, 1.54) is 19.2 Å². The number of nitrogens with one attached hydrogen (secondary N) is 2. The quantitative estimate of drug-likeness (QED) is 0.750. The molecule has 1 aromatic rings. The number of rotatable bonds is 7. The van der Waals surface area contributed by atoms with Gasteiger partial charge in [0.25, 0.3) is 0 Å². The van der Waals surface area contributed by atoms with Crippen LogP contribution in [-0.2, 0) is 15.7 Å². The Morgan fingerprint density at radius 3 is 2.75 bits per heavy atom. The molecule has 0 unspecified atom stereocenters. The zero-order valence-corrected chi connectivity index (χ0v) is 11.0. The van der Waals surface area contributed by atoms with Crippen molar-refractivity contribution in [2.24, 2.45) is 0 Å². The van der Waals surface area contributed by atoms with Crippen molar-refractivity contribution in [2.45, 2.75) is 12.6 Å². The van der Waals surface area contributed by atoms with Gasteiger partial charge in [-0.15, -0.1) is 0 Å². The summed E-state index contributed by atoms with van der Waals surface area (Å²) >= 11 is 0. The monoisotopic (exact) mass is 291 g/mol. The van der Waals surface area contributed by atoms with E-state index in [1.807, 2.05) is 0 Å². The molecular formula is C12H16F3N3O2. The topological polar surface area (TPSA) is 63.2 Å². The third kappa shape index (κ3) is 5.87. The van der Waals surface area contributed by atoms with Gasteiger partial charge in [0.05, 0.1) is 6.61 Å². The Balaban J connectivity index is 2.37. The molecule has 8 heteroatoms. The van der Waals surface area contributed by atoms with E-state index in [1.54, 1.807) is 0 Å². The van der Waals surface area contributed by atoms with Crippen LogP contribution < -0.4 is 10.6 Å². The fourth-order valence-corrected chi connectivity index (χ4v) is 1.38. The standard InChI is InChI=1S/C12H16F3N3O2/c1-20-8-7-17-11(19)5-6-16-10-4-2-3-9(18-10)12(13,14)15/h2-4H,5-8H2,1H3,(H,16,18)(H,17,19). The van der Waals surface area contributed by atoms with Crippen molar-refractivity contribution in [3.05, 3.63) is 23.9 Å². The summed E-state index contributed by atoms with van der Waals surface area (Å²) in [5, 5.41) is 5.28. The van der Waals surface area contributed by atoms with Crippen LogP contribution in [0.3, 0.4) is 0 Å². The first-order valence-electron chi connectivity index (χ1n) is 5.97. The molecule has 1 amide bonds. The average Bonchev–Trinajstić information content (AvgIpc) is 2.38. The van der Waals surface area contributed by atoms with Crippen molar-refractivity contribution in [1.29, 1.82) is 0 Å². The molecule has 0 atom stereocenters. The van der Waals surface area contributed by atoms with Crippen LogP contribution in [0.2, 0.25) is 0 Å². The molecule has 0 spiro atoms. The van der Waals surface area contributed by atoms with Gasteiger partial charge in [-0.3, -0.25) is 4.79 Å². The molecule has 0 saturated heterocycles. The zero-order chi connectivity index (χ0) is 15.0. The fraction of sp³-hybridized carbons (Fsp3) is 0.500. The maximum atomic E-state index is 12.4. The third-order valence-electron chi connectivity index (χ3n) is 2.33. The molecule has 1 aromatic heterocycles. The van der Waals surface area contributed by atoms with Crippen LogP contribution in [0.5, 0.6) is 0 Å². The maximum absolute atomic E-state index is 12.4. The van der Waals surface area contributed by atoms with Crippen molar-refractivity contribution in [3.63, 3.8) is 0 Å². The first kappa shape index (κ1) is 16.2. The molecule has 0 bridgehead atoms. The number of nitrogens with zero attached hydrogens (tertiary/aromatic N) is 1. The number of carbonyl (C=O) groups excluding carboxylic acids is 1. The number of hydrogen-bond acceptors (Lipinski definition) is 4. The average molecular weight is 291 g/mol. The summed E-state index contributed by atoms with van der Waals surface area (Å²) in [6.07, 6.45) is -4.34. The third-order valence-corrected chi connectivity index (χ3v) is 2.33. The highest BCUT2D eigenvalue weighted by atomic mass is 19.4. The number of anilines is 1. The van der Waals surface area contributed by atoms with Gasteiger partial charge in [-0.25, -0.2) is 4.98 Å². The Morgan fingerprint density at radius 1 is 1.35 bits per heavy atom. The molecule has 0 aliphatic heterocycles. The van der Waals surface area contributed by atoms with Crippen LogP contribution in [0, 0.1) is 0 Å². The lowest BCUT2D eigenvalue weighted by Crippen LogP contribution is -2.28. The van der Waals surface area contributed by atoms with E-state index >= 15 is 0 Å². The molecule has 0 aromatic carbocycles. The highest BCUT2D eigenvalue weighted by Gasteiger charge is 2.32. The van der Waals surface area contributed by atoms with E-state index in [9.17, 15) is 18.0 Å². The molecule has 0 aliphatic carbocycles. The van der Waals surface area contributed by atoms with Crippen molar-refractivity contribution < 1.29 is 22.7 Å². The molecule has 1 heterocycles. The van der Waals surface area contributed by atoms with Gasteiger partial charge in [0.15, 0.2) is 0 Å². The SMILES string of the molecule is COCCNC(=O)CCNc1cccc(C(F)(F)F)n1. The Hall–Kier alpha value is -1.83. The molecule has 20 heavy (non-hydrogen) atoms. The maximum Gasteiger partial charge on any atom is 0.433 e. The van der Waals surface area contributed by atoms with Gasteiger partial charge in [-0.2, -0.15) is 13.2 Å². The Bertz CT molecular complexity index is 438.